The first-order chi connectivity index (χ1) is 12.7. The second kappa shape index (κ2) is 8.10. The molecule has 0 aromatic rings. The number of rotatable bonds is 4. The van der Waals surface area contributed by atoms with Crippen molar-refractivity contribution in [3.05, 3.63) is 0 Å². The molecule has 0 aliphatic heterocycles. The summed E-state index contributed by atoms with van der Waals surface area (Å²) in [4.78, 5) is 24.4. The van der Waals surface area contributed by atoms with Gasteiger partial charge in [-0.2, -0.15) is 0 Å². The molecule has 0 radical (unpaired) electrons. The third kappa shape index (κ3) is 4.18. The van der Waals surface area contributed by atoms with E-state index in [0.29, 0.717) is 6.04 Å². The van der Waals surface area contributed by atoms with Crippen molar-refractivity contribution in [2.24, 2.45) is 29.1 Å². The molecule has 2 amide bonds. The molecule has 0 bridgehead atoms. The average molecular weight is 379 g/mol. The van der Waals surface area contributed by atoms with E-state index in [9.17, 15) is 14.7 Å². The van der Waals surface area contributed by atoms with E-state index in [2.05, 4.69) is 24.5 Å². The van der Waals surface area contributed by atoms with E-state index < -0.39 is 6.10 Å². The predicted molar refractivity (Wildman–Crippen MR) is 106 cm³/mol. The Kier molecular flexibility index (Phi) is 6.19. The standard InChI is InChI=1S/C22H38N2O3/c1-13(21(27)24-16-7-5-6-8-16)17-9-11-22(4)12-10-18(23-15(3)25)14(2)19(22)20(17)26/h13-14,16-20,26H,5-12H2,1-4H3,(H,23,25)(H,24,27)/t13?,14-,17+,18+,19-,20+,22+/m1/s1. The lowest BCUT2D eigenvalue weighted by molar-refractivity contribution is -0.144. The molecule has 1 unspecified atom stereocenters. The molecule has 3 fully saturated rings. The summed E-state index contributed by atoms with van der Waals surface area (Å²) < 4.78 is 0. The van der Waals surface area contributed by atoms with Crippen molar-refractivity contribution in [2.75, 3.05) is 0 Å². The number of fused-ring (bicyclic) bond motifs is 1. The number of amides is 2. The molecule has 0 saturated heterocycles. The van der Waals surface area contributed by atoms with Crippen LogP contribution >= 0.6 is 0 Å². The molecule has 5 nitrogen and oxygen atoms in total. The average Bonchev–Trinajstić information content (AvgIpc) is 3.10. The van der Waals surface area contributed by atoms with Gasteiger partial charge in [0.15, 0.2) is 0 Å². The second-order valence-electron chi connectivity index (χ2n) is 9.86. The molecule has 3 saturated carbocycles. The fourth-order valence-electron chi connectivity index (χ4n) is 6.36. The Bertz CT molecular complexity index is 560. The number of carbonyl (C=O) groups is 2. The van der Waals surface area contributed by atoms with Gasteiger partial charge in [0.1, 0.15) is 0 Å². The maximum atomic E-state index is 12.8. The number of aliphatic hydroxyl groups is 1. The highest BCUT2D eigenvalue weighted by molar-refractivity contribution is 5.79. The van der Waals surface area contributed by atoms with Gasteiger partial charge in [0.05, 0.1) is 6.10 Å². The summed E-state index contributed by atoms with van der Waals surface area (Å²) in [5.41, 5.74) is 0.103. The molecule has 0 aromatic carbocycles. The van der Waals surface area contributed by atoms with E-state index in [0.717, 1.165) is 38.5 Å². The third-order valence-corrected chi connectivity index (χ3v) is 8.03. The summed E-state index contributed by atoms with van der Waals surface area (Å²) in [5.74, 6) is 0.290. The number of carbonyl (C=O) groups excluding carboxylic acids is 2. The van der Waals surface area contributed by atoms with Gasteiger partial charge in [-0.05, 0) is 61.7 Å². The highest BCUT2D eigenvalue weighted by atomic mass is 16.3. The van der Waals surface area contributed by atoms with Crippen molar-refractivity contribution in [1.82, 2.24) is 10.6 Å². The second-order valence-corrected chi connectivity index (χ2v) is 9.86. The predicted octanol–water partition coefficient (Wildman–Crippen LogP) is 3.01. The van der Waals surface area contributed by atoms with Crippen LogP contribution in [0.5, 0.6) is 0 Å². The van der Waals surface area contributed by atoms with Crippen LogP contribution in [0.1, 0.15) is 79.1 Å². The van der Waals surface area contributed by atoms with Gasteiger partial charge in [0, 0.05) is 24.9 Å². The van der Waals surface area contributed by atoms with Crippen molar-refractivity contribution < 1.29 is 14.7 Å². The van der Waals surface area contributed by atoms with Crippen LogP contribution in [-0.2, 0) is 9.59 Å². The molecule has 3 N–H and O–H groups in total. The van der Waals surface area contributed by atoms with Crippen molar-refractivity contribution in [1.29, 1.82) is 0 Å². The maximum Gasteiger partial charge on any atom is 0.223 e. The zero-order valence-electron chi connectivity index (χ0n) is 17.5. The summed E-state index contributed by atoms with van der Waals surface area (Å²) in [5, 5.41) is 17.6. The molecular formula is C22H38N2O3. The SMILES string of the molecule is CC(=O)N[C@H]1CC[C@]2(C)CC[C@@H](C(C)C(=O)NC3CCCC3)[C@H](O)[C@H]2[C@@H]1C. The maximum absolute atomic E-state index is 12.8. The first-order valence-corrected chi connectivity index (χ1v) is 11.0. The zero-order chi connectivity index (χ0) is 19.8. The van der Waals surface area contributed by atoms with Crippen LogP contribution in [-0.4, -0.2) is 35.1 Å². The Morgan fingerprint density at radius 3 is 2.33 bits per heavy atom. The highest BCUT2D eigenvalue weighted by Gasteiger charge is 2.53. The molecular weight excluding hydrogens is 340 g/mol. The Hall–Kier alpha value is -1.10. The van der Waals surface area contributed by atoms with Crippen LogP contribution < -0.4 is 10.6 Å². The van der Waals surface area contributed by atoms with Crippen molar-refractivity contribution in [2.45, 2.75) is 97.2 Å². The topological polar surface area (TPSA) is 78.4 Å². The van der Waals surface area contributed by atoms with Gasteiger partial charge in [-0.1, -0.05) is 33.6 Å². The van der Waals surface area contributed by atoms with Crippen LogP contribution in [0.15, 0.2) is 0 Å². The smallest absolute Gasteiger partial charge is 0.223 e. The summed E-state index contributed by atoms with van der Waals surface area (Å²) in [6.45, 7) is 8.01. The molecule has 7 atom stereocenters. The van der Waals surface area contributed by atoms with Gasteiger partial charge in [0.25, 0.3) is 0 Å². The van der Waals surface area contributed by atoms with Gasteiger partial charge >= 0.3 is 0 Å². The summed E-state index contributed by atoms with van der Waals surface area (Å²) >= 11 is 0. The summed E-state index contributed by atoms with van der Waals surface area (Å²) in [6.07, 6.45) is 8.05. The van der Waals surface area contributed by atoms with Gasteiger partial charge in [-0.25, -0.2) is 0 Å². The molecule has 0 spiro atoms. The molecule has 5 heteroatoms. The normalized spacial score (nSPS) is 40.9. The van der Waals surface area contributed by atoms with Crippen molar-refractivity contribution >= 4 is 11.8 Å². The molecule has 3 aliphatic rings. The largest absolute Gasteiger partial charge is 0.392 e. The monoisotopic (exact) mass is 378 g/mol. The lowest BCUT2D eigenvalue weighted by Gasteiger charge is -2.56. The molecule has 3 rings (SSSR count). The number of hydrogen-bond donors (Lipinski definition) is 3. The molecule has 0 aromatic heterocycles. The van der Waals surface area contributed by atoms with E-state index in [1.54, 1.807) is 6.92 Å². The quantitative estimate of drug-likeness (QED) is 0.704. The summed E-state index contributed by atoms with van der Waals surface area (Å²) in [6, 6.07) is 0.445. The zero-order valence-corrected chi connectivity index (χ0v) is 17.5. The van der Waals surface area contributed by atoms with Gasteiger partial charge in [-0.15, -0.1) is 0 Å². The van der Waals surface area contributed by atoms with Crippen LogP contribution in [0, 0.1) is 29.1 Å². The molecule has 154 valence electrons. The van der Waals surface area contributed by atoms with Gasteiger partial charge < -0.3 is 15.7 Å². The van der Waals surface area contributed by atoms with E-state index in [4.69, 9.17) is 0 Å². The van der Waals surface area contributed by atoms with Crippen LogP contribution in [0.2, 0.25) is 0 Å². The van der Waals surface area contributed by atoms with Gasteiger partial charge in [0.2, 0.25) is 11.8 Å². The number of aliphatic hydroxyl groups excluding tert-OH is 1. The fourth-order valence-corrected chi connectivity index (χ4v) is 6.36. The minimum Gasteiger partial charge on any atom is -0.392 e. The Morgan fingerprint density at radius 2 is 1.70 bits per heavy atom. The fraction of sp³-hybridized carbons (Fsp3) is 0.909. The van der Waals surface area contributed by atoms with Crippen molar-refractivity contribution in [3.8, 4) is 0 Å². The lowest BCUT2D eigenvalue weighted by Crippen LogP contribution is -2.58. The van der Waals surface area contributed by atoms with E-state index in [1.807, 2.05) is 6.92 Å². The number of nitrogens with one attached hydrogen (secondary N) is 2. The lowest BCUT2D eigenvalue weighted by atomic mass is 9.51. The minimum atomic E-state index is -0.486. The summed E-state index contributed by atoms with van der Waals surface area (Å²) in [7, 11) is 0. The van der Waals surface area contributed by atoms with Crippen LogP contribution in [0.25, 0.3) is 0 Å². The van der Waals surface area contributed by atoms with Crippen molar-refractivity contribution in [3.63, 3.8) is 0 Å². The molecule has 0 heterocycles. The van der Waals surface area contributed by atoms with E-state index in [-0.39, 0.29) is 46.9 Å². The third-order valence-electron chi connectivity index (χ3n) is 8.03. The Labute approximate surface area is 164 Å². The van der Waals surface area contributed by atoms with Gasteiger partial charge in [-0.3, -0.25) is 9.59 Å². The molecule has 3 aliphatic carbocycles. The van der Waals surface area contributed by atoms with Crippen LogP contribution in [0.3, 0.4) is 0 Å². The highest BCUT2D eigenvalue weighted by Crippen LogP contribution is 2.55. The van der Waals surface area contributed by atoms with E-state index >= 15 is 0 Å². The number of hydrogen-bond acceptors (Lipinski definition) is 3. The molecule has 27 heavy (non-hydrogen) atoms. The Balaban J connectivity index is 1.70. The first kappa shape index (κ1) is 20.6. The minimum absolute atomic E-state index is 0.00149. The Morgan fingerprint density at radius 1 is 1.07 bits per heavy atom. The van der Waals surface area contributed by atoms with E-state index in [1.165, 1.54) is 12.8 Å². The first-order valence-electron chi connectivity index (χ1n) is 11.0. The van der Waals surface area contributed by atoms with Crippen LogP contribution in [0.4, 0.5) is 0 Å².